The van der Waals surface area contributed by atoms with E-state index >= 15 is 0 Å². The van der Waals surface area contributed by atoms with E-state index in [-0.39, 0.29) is 51.6 Å². The van der Waals surface area contributed by atoms with Gasteiger partial charge in [0.25, 0.3) is 0 Å². The van der Waals surface area contributed by atoms with Crippen LogP contribution in [0.4, 0.5) is 4.79 Å². The second-order valence-corrected chi connectivity index (χ2v) is 19.5. The van der Waals surface area contributed by atoms with Crippen LogP contribution in [0.15, 0.2) is 35.6 Å². The molecule has 0 radical (unpaired) electrons. The maximum atomic E-state index is 12.9. The zero-order valence-electron chi connectivity index (χ0n) is 31.7. The highest BCUT2D eigenvalue weighted by Crippen LogP contribution is 2.77. The van der Waals surface area contributed by atoms with Crippen molar-refractivity contribution in [1.82, 2.24) is 4.90 Å². The van der Waals surface area contributed by atoms with Gasteiger partial charge in [0.05, 0.1) is 12.6 Å². The van der Waals surface area contributed by atoms with Gasteiger partial charge < -0.3 is 19.8 Å². The summed E-state index contributed by atoms with van der Waals surface area (Å²) in [5.74, 6) is 10.4. The van der Waals surface area contributed by atoms with E-state index in [0.29, 0.717) is 48.1 Å². The van der Waals surface area contributed by atoms with Gasteiger partial charge in [-0.2, -0.15) is 0 Å². The highest BCUT2D eigenvalue weighted by molar-refractivity contribution is 5.69. The normalized spacial score (nSPS) is 43.5. The Hall–Kier alpha value is -2.19. The van der Waals surface area contributed by atoms with Crippen LogP contribution >= 0.6 is 0 Å². The van der Waals surface area contributed by atoms with Gasteiger partial charge in [-0.15, -0.1) is 0 Å². The largest absolute Gasteiger partial charge is 0.508 e. The average molecular weight is 660 g/mol. The van der Waals surface area contributed by atoms with Crippen LogP contribution in [-0.4, -0.2) is 46.0 Å². The number of fused-ring (bicyclic) bond motifs is 7. The number of amides is 1. The molecule has 5 heteroatoms. The van der Waals surface area contributed by atoms with Crippen LogP contribution in [0.1, 0.15) is 133 Å². The molecular weight excluding hydrogens is 594 g/mol. The van der Waals surface area contributed by atoms with E-state index in [1.54, 1.807) is 4.90 Å². The summed E-state index contributed by atoms with van der Waals surface area (Å²) in [6, 6.07) is 0. The van der Waals surface area contributed by atoms with E-state index in [0.717, 1.165) is 37.7 Å². The Morgan fingerprint density at radius 3 is 2.27 bits per heavy atom. The Morgan fingerprint density at radius 2 is 1.62 bits per heavy atom. The molecular formula is C43H65NO4. The number of carbonyl (C=O) groups is 1. The summed E-state index contributed by atoms with van der Waals surface area (Å²) in [6.07, 6.45) is 11.7. The molecule has 0 aromatic carbocycles. The SMILES string of the molecule is C=C(O)C1=C(C#C[C@]23CC[C@@H](C(=C)C)C2C2CCC4[C@@]5(C)CC[C@H](O)C(C)(C)C5CC[C@@]4(C)[C@]2(C)CC3)CCN(C(=O)OC(C)(C)C)C1. The van der Waals surface area contributed by atoms with Crippen molar-refractivity contribution in [3.63, 3.8) is 0 Å². The summed E-state index contributed by atoms with van der Waals surface area (Å²) in [6.45, 7) is 29.7. The first-order valence-corrected chi connectivity index (χ1v) is 19.1. The van der Waals surface area contributed by atoms with Gasteiger partial charge in [-0.25, -0.2) is 4.79 Å². The van der Waals surface area contributed by atoms with E-state index in [9.17, 15) is 15.0 Å². The van der Waals surface area contributed by atoms with Crippen LogP contribution < -0.4 is 0 Å². The number of hydrogen-bond acceptors (Lipinski definition) is 4. The summed E-state index contributed by atoms with van der Waals surface area (Å²) in [4.78, 5) is 14.6. The first-order valence-electron chi connectivity index (χ1n) is 19.1. The molecule has 0 aromatic heterocycles. The number of allylic oxidation sites excluding steroid dienone is 1. The number of ether oxygens (including phenoxy) is 1. The molecule has 1 heterocycles. The van der Waals surface area contributed by atoms with Crippen molar-refractivity contribution in [2.45, 2.75) is 145 Å². The topological polar surface area (TPSA) is 70.0 Å². The van der Waals surface area contributed by atoms with Crippen LogP contribution in [0.2, 0.25) is 0 Å². The minimum atomic E-state index is -0.577. The Morgan fingerprint density at radius 1 is 0.917 bits per heavy atom. The molecule has 0 spiro atoms. The minimum Gasteiger partial charge on any atom is -0.508 e. The average Bonchev–Trinajstić information content (AvgIpc) is 3.38. The molecule has 5 aliphatic carbocycles. The van der Waals surface area contributed by atoms with Crippen molar-refractivity contribution in [1.29, 1.82) is 0 Å². The Labute approximate surface area is 292 Å². The van der Waals surface area contributed by atoms with Gasteiger partial charge in [0.1, 0.15) is 11.4 Å². The minimum absolute atomic E-state index is 0.00202. The summed E-state index contributed by atoms with van der Waals surface area (Å²) in [7, 11) is 0. The summed E-state index contributed by atoms with van der Waals surface area (Å²) in [5, 5.41) is 21.8. The van der Waals surface area contributed by atoms with E-state index in [4.69, 9.17) is 4.74 Å². The fourth-order valence-electron chi connectivity index (χ4n) is 13.2. The van der Waals surface area contributed by atoms with Crippen LogP contribution in [0.25, 0.3) is 0 Å². The maximum Gasteiger partial charge on any atom is 0.410 e. The molecule has 6 aliphatic rings. The van der Waals surface area contributed by atoms with Gasteiger partial charge in [0.2, 0.25) is 0 Å². The molecule has 266 valence electrons. The lowest BCUT2D eigenvalue weighted by molar-refractivity contribution is -0.244. The van der Waals surface area contributed by atoms with Crippen LogP contribution in [0.5, 0.6) is 0 Å². The molecule has 1 aliphatic heterocycles. The van der Waals surface area contributed by atoms with E-state index in [1.165, 1.54) is 37.7 Å². The monoisotopic (exact) mass is 659 g/mol. The van der Waals surface area contributed by atoms with Gasteiger partial charge in [-0.1, -0.05) is 65.2 Å². The molecule has 4 unspecified atom stereocenters. The smallest absolute Gasteiger partial charge is 0.410 e. The molecule has 10 atom stereocenters. The van der Waals surface area contributed by atoms with Crippen molar-refractivity contribution >= 4 is 6.09 Å². The van der Waals surface area contributed by atoms with Crippen LogP contribution in [0, 0.1) is 68.5 Å². The Kier molecular flexibility index (Phi) is 8.67. The Balaban J connectivity index is 1.33. The highest BCUT2D eigenvalue weighted by Gasteiger charge is 2.70. The molecule has 0 saturated heterocycles. The fraction of sp³-hybridized carbons (Fsp3) is 0.791. The molecule has 48 heavy (non-hydrogen) atoms. The third-order valence-corrected chi connectivity index (χ3v) is 15.9. The maximum absolute atomic E-state index is 12.9. The summed E-state index contributed by atoms with van der Waals surface area (Å²) >= 11 is 0. The molecule has 5 fully saturated rings. The number of aliphatic hydroxyl groups excluding tert-OH is 2. The standard InChI is InChI=1S/C43H65NO4/c1-27(2)30-15-22-43(21-14-29-18-25-44(26-31(29)28(3)45)37(47)48-38(4,5)6)24-23-41(10)32(36(30)43)12-13-34-40(9)19-17-35(46)39(7,8)33(40)16-20-42(34,41)11/h30,32-36,45-46H,1,3,12-13,15-20,22-26H2,2,4-11H3/t30-,32?,33?,34?,35-,36?,40-,41+,42+,43+/m0/s1. The predicted octanol–water partition coefficient (Wildman–Crippen LogP) is 10.0. The molecule has 5 nitrogen and oxygen atoms in total. The molecule has 6 rings (SSSR count). The summed E-state index contributed by atoms with van der Waals surface area (Å²) in [5.41, 5.74) is 3.00. The lowest BCUT2D eigenvalue weighted by Crippen LogP contribution is -2.66. The molecule has 0 bridgehead atoms. The number of carbonyl (C=O) groups excluding carboxylic acids is 1. The number of rotatable bonds is 2. The Bertz CT molecular complexity index is 1450. The van der Waals surface area contributed by atoms with Crippen LogP contribution in [0.3, 0.4) is 0 Å². The predicted molar refractivity (Wildman–Crippen MR) is 194 cm³/mol. The second-order valence-electron chi connectivity index (χ2n) is 19.5. The first kappa shape index (κ1) is 35.6. The number of nitrogens with zero attached hydrogens (tertiary/aromatic N) is 1. The van der Waals surface area contributed by atoms with Crippen LogP contribution in [-0.2, 0) is 4.74 Å². The third kappa shape index (κ3) is 5.32. The second kappa shape index (κ2) is 11.7. The van der Waals surface area contributed by atoms with E-state index in [1.807, 2.05) is 20.8 Å². The van der Waals surface area contributed by atoms with Gasteiger partial charge in [0, 0.05) is 23.1 Å². The first-order chi connectivity index (χ1) is 22.2. The van der Waals surface area contributed by atoms with Gasteiger partial charge >= 0.3 is 6.09 Å². The third-order valence-electron chi connectivity index (χ3n) is 15.9. The quantitative estimate of drug-likeness (QED) is 0.176. The molecule has 1 amide bonds. The lowest BCUT2D eigenvalue weighted by Gasteiger charge is -2.72. The number of aliphatic hydroxyl groups is 2. The summed E-state index contributed by atoms with van der Waals surface area (Å²) < 4.78 is 5.64. The molecule has 2 N–H and O–H groups in total. The zero-order valence-corrected chi connectivity index (χ0v) is 31.7. The van der Waals surface area contributed by atoms with Crippen molar-refractivity contribution in [2.24, 2.45) is 56.7 Å². The van der Waals surface area contributed by atoms with Crippen molar-refractivity contribution in [3.05, 3.63) is 35.6 Å². The van der Waals surface area contributed by atoms with Crippen molar-refractivity contribution in [3.8, 4) is 11.8 Å². The fourth-order valence-corrected chi connectivity index (χ4v) is 13.2. The zero-order chi connectivity index (χ0) is 35.2. The van der Waals surface area contributed by atoms with Crippen molar-refractivity contribution < 1.29 is 19.7 Å². The van der Waals surface area contributed by atoms with E-state index < -0.39 is 5.60 Å². The van der Waals surface area contributed by atoms with Gasteiger partial charge in [-0.05, 0) is 150 Å². The van der Waals surface area contributed by atoms with E-state index in [2.05, 4.69) is 66.5 Å². The van der Waals surface area contributed by atoms with Crippen molar-refractivity contribution in [2.75, 3.05) is 13.1 Å². The lowest BCUT2D eigenvalue weighted by atomic mass is 9.32. The highest BCUT2D eigenvalue weighted by atomic mass is 16.6. The number of hydrogen-bond donors (Lipinski definition) is 2. The molecule has 0 aromatic rings. The van der Waals surface area contributed by atoms with Gasteiger partial charge in [0.15, 0.2) is 0 Å². The van der Waals surface area contributed by atoms with Gasteiger partial charge in [-0.3, -0.25) is 0 Å². The molecule has 5 saturated carbocycles.